The van der Waals surface area contributed by atoms with Crippen LogP contribution in [0.15, 0.2) is 46.9 Å². The fraction of sp³-hybridized carbons (Fsp3) is 0.222. The molecule has 3 aromatic rings. The molecule has 23 heavy (non-hydrogen) atoms. The maximum absolute atomic E-state index is 12.1. The van der Waals surface area contributed by atoms with Gasteiger partial charge in [-0.15, -0.1) is 0 Å². The fourth-order valence-electron chi connectivity index (χ4n) is 2.07. The summed E-state index contributed by atoms with van der Waals surface area (Å²) < 4.78 is 5.80. The zero-order valence-corrected chi connectivity index (χ0v) is 13.9. The van der Waals surface area contributed by atoms with Gasteiger partial charge in [0, 0.05) is 27.8 Å². The molecule has 1 aromatic heterocycles. The van der Waals surface area contributed by atoms with E-state index in [1.807, 2.05) is 45.0 Å². The molecule has 0 atom stereocenters. The lowest BCUT2D eigenvalue weighted by Crippen LogP contribution is -2.27. The normalized spacial score (nSPS) is 11.7. The Morgan fingerprint density at radius 1 is 1.17 bits per heavy atom. The minimum Gasteiger partial charge on any atom is -0.436 e. The second kappa shape index (κ2) is 5.70. The van der Waals surface area contributed by atoms with Gasteiger partial charge in [0.05, 0.1) is 0 Å². The van der Waals surface area contributed by atoms with Gasteiger partial charge in [-0.25, -0.2) is 4.98 Å². The van der Waals surface area contributed by atoms with Crippen LogP contribution in [0.2, 0.25) is 5.02 Å². The SMILES string of the molecule is CC(C)(C)C(=O)Nc1ccc2nc(-c3cccc(Cl)c3)oc2c1. The third-order valence-corrected chi connectivity index (χ3v) is 3.63. The van der Waals surface area contributed by atoms with E-state index < -0.39 is 5.41 Å². The number of carbonyl (C=O) groups excluding carboxylic acids is 1. The minimum absolute atomic E-state index is 0.0496. The monoisotopic (exact) mass is 328 g/mol. The van der Waals surface area contributed by atoms with Crippen LogP contribution in [0, 0.1) is 5.41 Å². The van der Waals surface area contributed by atoms with Crippen molar-refractivity contribution in [2.75, 3.05) is 5.32 Å². The van der Waals surface area contributed by atoms with Crippen molar-refractivity contribution in [3.63, 3.8) is 0 Å². The Kier molecular flexibility index (Phi) is 3.86. The van der Waals surface area contributed by atoms with Crippen molar-refractivity contribution in [2.45, 2.75) is 20.8 Å². The summed E-state index contributed by atoms with van der Waals surface area (Å²) in [6, 6.07) is 12.8. The topological polar surface area (TPSA) is 55.1 Å². The Morgan fingerprint density at radius 2 is 1.96 bits per heavy atom. The largest absolute Gasteiger partial charge is 0.436 e. The number of hydrogen-bond donors (Lipinski definition) is 1. The number of oxazole rings is 1. The van der Waals surface area contributed by atoms with E-state index in [-0.39, 0.29) is 5.91 Å². The van der Waals surface area contributed by atoms with Gasteiger partial charge in [-0.3, -0.25) is 4.79 Å². The molecule has 5 heteroatoms. The van der Waals surface area contributed by atoms with Crippen molar-refractivity contribution >= 4 is 34.3 Å². The van der Waals surface area contributed by atoms with E-state index in [9.17, 15) is 4.79 Å². The Balaban J connectivity index is 1.94. The fourth-order valence-corrected chi connectivity index (χ4v) is 2.26. The van der Waals surface area contributed by atoms with Crippen LogP contribution in [0.25, 0.3) is 22.6 Å². The molecule has 1 heterocycles. The molecule has 118 valence electrons. The molecular weight excluding hydrogens is 312 g/mol. The lowest BCUT2D eigenvalue weighted by atomic mass is 9.95. The molecule has 1 amide bonds. The highest BCUT2D eigenvalue weighted by atomic mass is 35.5. The molecule has 0 saturated heterocycles. The van der Waals surface area contributed by atoms with Crippen molar-refractivity contribution in [1.82, 2.24) is 4.98 Å². The highest BCUT2D eigenvalue weighted by Gasteiger charge is 2.21. The Labute approximate surface area is 139 Å². The molecule has 0 fully saturated rings. The predicted octanol–water partition coefficient (Wildman–Crippen LogP) is 5.13. The van der Waals surface area contributed by atoms with E-state index in [0.717, 1.165) is 11.1 Å². The zero-order valence-electron chi connectivity index (χ0n) is 13.2. The summed E-state index contributed by atoms with van der Waals surface area (Å²) in [4.78, 5) is 16.5. The number of nitrogens with one attached hydrogen (secondary N) is 1. The maximum Gasteiger partial charge on any atom is 0.229 e. The van der Waals surface area contributed by atoms with E-state index in [1.165, 1.54) is 0 Å². The summed E-state index contributed by atoms with van der Waals surface area (Å²) in [7, 11) is 0. The average Bonchev–Trinajstić information content (AvgIpc) is 2.89. The molecule has 0 saturated carbocycles. The van der Waals surface area contributed by atoms with Gasteiger partial charge in [0.1, 0.15) is 5.52 Å². The summed E-state index contributed by atoms with van der Waals surface area (Å²) in [5.41, 5.74) is 2.39. The number of halogens is 1. The van der Waals surface area contributed by atoms with Gasteiger partial charge in [-0.05, 0) is 30.3 Å². The summed E-state index contributed by atoms with van der Waals surface area (Å²) in [5, 5.41) is 3.51. The van der Waals surface area contributed by atoms with Crippen molar-refractivity contribution in [3.05, 3.63) is 47.5 Å². The summed E-state index contributed by atoms with van der Waals surface area (Å²) >= 11 is 6.00. The van der Waals surface area contributed by atoms with Crippen molar-refractivity contribution in [2.24, 2.45) is 5.41 Å². The zero-order chi connectivity index (χ0) is 16.6. The first-order valence-electron chi connectivity index (χ1n) is 7.31. The second-order valence-corrected chi connectivity index (χ2v) is 6.85. The van der Waals surface area contributed by atoms with Gasteiger partial charge < -0.3 is 9.73 Å². The molecular formula is C18H17ClN2O2. The smallest absolute Gasteiger partial charge is 0.229 e. The van der Waals surface area contributed by atoms with E-state index in [2.05, 4.69) is 10.3 Å². The number of anilines is 1. The van der Waals surface area contributed by atoms with Crippen LogP contribution in [0.5, 0.6) is 0 Å². The molecule has 3 rings (SSSR count). The van der Waals surface area contributed by atoms with Crippen LogP contribution >= 0.6 is 11.6 Å². The maximum atomic E-state index is 12.1. The molecule has 0 bridgehead atoms. The Hall–Kier alpha value is -2.33. The van der Waals surface area contributed by atoms with Crippen LogP contribution < -0.4 is 5.32 Å². The van der Waals surface area contributed by atoms with Crippen LogP contribution in [0.3, 0.4) is 0 Å². The standard InChI is InChI=1S/C18H17ClN2O2/c1-18(2,3)17(22)20-13-7-8-14-15(10-13)23-16(21-14)11-5-4-6-12(19)9-11/h4-10H,1-3H3,(H,20,22). The molecule has 0 radical (unpaired) electrons. The molecule has 2 aromatic carbocycles. The highest BCUT2D eigenvalue weighted by molar-refractivity contribution is 6.30. The number of fused-ring (bicyclic) bond motifs is 1. The van der Waals surface area contributed by atoms with E-state index in [0.29, 0.717) is 22.2 Å². The third kappa shape index (κ3) is 3.37. The third-order valence-electron chi connectivity index (χ3n) is 3.40. The van der Waals surface area contributed by atoms with Gasteiger partial charge in [0.15, 0.2) is 5.58 Å². The average molecular weight is 329 g/mol. The Bertz CT molecular complexity index is 878. The quantitative estimate of drug-likeness (QED) is 0.709. The molecule has 4 nitrogen and oxygen atoms in total. The van der Waals surface area contributed by atoms with Crippen LogP contribution in [0.1, 0.15) is 20.8 Å². The summed E-state index contributed by atoms with van der Waals surface area (Å²) in [6.07, 6.45) is 0. The number of hydrogen-bond acceptors (Lipinski definition) is 3. The van der Waals surface area contributed by atoms with Gasteiger partial charge in [0.2, 0.25) is 11.8 Å². The van der Waals surface area contributed by atoms with Gasteiger partial charge in [0.25, 0.3) is 0 Å². The van der Waals surface area contributed by atoms with Crippen molar-refractivity contribution < 1.29 is 9.21 Å². The number of nitrogens with zero attached hydrogens (tertiary/aromatic N) is 1. The van der Waals surface area contributed by atoms with Crippen LogP contribution in [-0.4, -0.2) is 10.9 Å². The number of rotatable bonds is 2. The summed E-state index contributed by atoms with van der Waals surface area (Å²) in [5.74, 6) is 0.452. The van der Waals surface area contributed by atoms with Gasteiger partial charge in [-0.2, -0.15) is 0 Å². The molecule has 0 spiro atoms. The minimum atomic E-state index is -0.456. The first kappa shape index (κ1) is 15.6. The van der Waals surface area contributed by atoms with Crippen molar-refractivity contribution in [1.29, 1.82) is 0 Å². The molecule has 0 aliphatic carbocycles. The van der Waals surface area contributed by atoms with Gasteiger partial charge in [-0.1, -0.05) is 38.4 Å². The van der Waals surface area contributed by atoms with E-state index in [4.69, 9.17) is 16.0 Å². The van der Waals surface area contributed by atoms with Crippen LogP contribution in [-0.2, 0) is 4.79 Å². The molecule has 0 aliphatic rings. The second-order valence-electron chi connectivity index (χ2n) is 6.42. The molecule has 0 aliphatic heterocycles. The first-order valence-corrected chi connectivity index (χ1v) is 7.69. The highest BCUT2D eigenvalue weighted by Crippen LogP contribution is 2.28. The lowest BCUT2D eigenvalue weighted by molar-refractivity contribution is -0.123. The van der Waals surface area contributed by atoms with Crippen LogP contribution in [0.4, 0.5) is 5.69 Å². The molecule has 0 unspecified atom stereocenters. The van der Waals surface area contributed by atoms with E-state index >= 15 is 0 Å². The number of amides is 1. The first-order chi connectivity index (χ1) is 10.8. The number of benzene rings is 2. The lowest BCUT2D eigenvalue weighted by Gasteiger charge is -2.17. The number of aromatic nitrogens is 1. The van der Waals surface area contributed by atoms with Gasteiger partial charge >= 0.3 is 0 Å². The number of carbonyl (C=O) groups is 1. The predicted molar refractivity (Wildman–Crippen MR) is 92.5 cm³/mol. The Morgan fingerprint density at radius 3 is 2.65 bits per heavy atom. The molecule has 1 N–H and O–H groups in total. The van der Waals surface area contributed by atoms with E-state index in [1.54, 1.807) is 18.2 Å². The van der Waals surface area contributed by atoms with Crippen molar-refractivity contribution in [3.8, 4) is 11.5 Å². The summed E-state index contributed by atoms with van der Waals surface area (Å²) in [6.45, 7) is 5.60.